The molecule has 0 aromatic heterocycles. The van der Waals surface area contributed by atoms with E-state index in [-0.39, 0.29) is 0 Å². The van der Waals surface area contributed by atoms with Gasteiger partial charge in [-0.2, -0.15) is 0 Å². The van der Waals surface area contributed by atoms with E-state index in [9.17, 15) is 9.59 Å². The largest absolute Gasteiger partial charge is 0.497 e. The van der Waals surface area contributed by atoms with Gasteiger partial charge in [-0.05, 0) is 42.5 Å². The molecular formula is C16H16N2O4. The number of methoxy groups -OCH3 is 2. The molecule has 0 atom stereocenters. The molecule has 22 heavy (non-hydrogen) atoms. The average molecular weight is 300 g/mol. The van der Waals surface area contributed by atoms with E-state index in [4.69, 9.17) is 9.47 Å². The molecule has 0 unspecified atom stereocenters. The van der Waals surface area contributed by atoms with Crippen LogP contribution in [0.3, 0.4) is 0 Å². The van der Waals surface area contributed by atoms with Gasteiger partial charge >= 0.3 is 0 Å². The quantitative estimate of drug-likeness (QED) is 0.844. The summed E-state index contributed by atoms with van der Waals surface area (Å²) in [6, 6.07) is 13.2. The van der Waals surface area contributed by atoms with Crippen LogP contribution < -0.4 is 20.3 Å². The first-order valence-electron chi connectivity index (χ1n) is 6.53. The highest BCUT2D eigenvalue weighted by Crippen LogP contribution is 2.12. The van der Waals surface area contributed by atoms with Crippen molar-refractivity contribution in [2.75, 3.05) is 14.2 Å². The Bertz CT molecular complexity index is 668. The molecule has 2 rings (SSSR count). The van der Waals surface area contributed by atoms with E-state index in [1.807, 2.05) is 0 Å². The van der Waals surface area contributed by atoms with Gasteiger partial charge in [0, 0.05) is 11.1 Å². The van der Waals surface area contributed by atoms with Crippen LogP contribution in [0.5, 0.6) is 11.5 Å². The molecule has 0 spiro atoms. The van der Waals surface area contributed by atoms with Crippen molar-refractivity contribution < 1.29 is 19.1 Å². The third-order valence-corrected chi connectivity index (χ3v) is 2.97. The minimum absolute atomic E-state index is 0.384. The van der Waals surface area contributed by atoms with Gasteiger partial charge in [-0.3, -0.25) is 20.4 Å². The molecule has 0 fully saturated rings. The van der Waals surface area contributed by atoms with E-state index in [0.717, 1.165) is 0 Å². The summed E-state index contributed by atoms with van der Waals surface area (Å²) in [5, 5.41) is 0. The van der Waals surface area contributed by atoms with Crippen molar-refractivity contribution in [3.05, 3.63) is 59.7 Å². The fourth-order valence-electron chi connectivity index (χ4n) is 1.76. The summed E-state index contributed by atoms with van der Waals surface area (Å²) in [5.41, 5.74) is 5.50. The third-order valence-electron chi connectivity index (χ3n) is 2.97. The Hall–Kier alpha value is -3.02. The summed E-state index contributed by atoms with van der Waals surface area (Å²) in [7, 11) is 3.06. The molecule has 2 N–H and O–H groups in total. The van der Waals surface area contributed by atoms with Gasteiger partial charge in [0.05, 0.1) is 14.2 Å². The molecule has 0 saturated carbocycles. The number of hydrogen-bond donors (Lipinski definition) is 2. The number of rotatable bonds is 4. The molecular weight excluding hydrogens is 284 g/mol. The van der Waals surface area contributed by atoms with E-state index >= 15 is 0 Å². The zero-order chi connectivity index (χ0) is 15.9. The van der Waals surface area contributed by atoms with E-state index in [2.05, 4.69) is 10.9 Å². The maximum absolute atomic E-state index is 11.9. The maximum Gasteiger partial charge on any atom is 0.269 e. The molecule has 0 aliphatic rings. The van der Waals surface area contributed by atoms with Crippen molar-refractivity contribution in [1.29, 1.82) is 0 Å². The van der Waals surface area contributed by atoms with Crippen LogP contribution in [0.2, 0.25) is 0 Å². The summed E-state index contributed by atoms with van der Waals surface area (Å²) >= 11 is 0. The van der Waals surface area contributed by atoms with Crippen LogP contribution in [0, 0.1) is 0 Å². The van der Waals surface area contributed by atoms with Gasteiger partial charge in [-0.15, -0.1) is 0 Å². The molecule has 0 saturated heterocycles. The smallest absolute Gasteiger partial charge is 0.269 e. The molecule has 0 bridgehead atoms. The monoisotopic (exact) mass is 300 g/mol. The molecule has 6 nitrogen and oxygen atoms in total. The lowest BCUT2D eigenvalue weighted by atomic mass is 10.2. The zero-order valence-corrected chi connectivity index (χ0v) is 12.3. The van der Waals surface area contributed by atoms with Crippen molar-refractivity contribution in [2.45, 2.75) is 0 Å². The number of nitrogens with one attached hydrogen (secondary N) is 2. The molecule has 0 aliphatic heterocycles. The second-order valence-corrected chi connectivity index (χ2v) is 4.37. The third kappa shape index (κ3) is 3.76. The summed E-state index contributed by atoms with van der Waals surface area (Å²) in [4.78, 5) is 23.9. The predicted molar refractivity (Wildman–Crippen MR) is 80.9 cm³/mol. The first-order valence-corrected chi connectivity index (χ1v) is 6.53. The molecule has 6 heteroatoms. The lowest BCUT2D eigenvalue weighted by molar-refractivity contribution is 0.0846. The predicted octanol–water partition coefficient (Wildman–Crippen LogP) is 1.78. The van der Waals surface area contributed by atoms with Gasteiger partial charge < -0.3 is 9.47 Å². The fourth-order valence-corrected chi connectivity index (χ4v) is 1.76. The lowest BCUT2D eigenvalue weighted by Crippen LogP contribution is -2.41. The summed E-state index contributed by atoms with van der Waals surface area (Å²) < 4.78 is 10.1. The van der Waals surface area contributed by atoms with E-state index in [1.54, 1.807) is 55.6 Å². The van der Waals surface area contributed by atoms with Crippen molar-refractivity contribution >= 4 is 11.8 Å². The van der Waals surface area contributed by atoms with Crippen molar-refractivity contribution in [2.24, 2.45) is 0 Å². The van der Waals surface area contributed by atoms with Crippen molar-refractivity contribution in [3.63, 3.8) is 0 Å². The number of carbonyl (C=O) groups is 2. The molecule has 2 aromatic carbocycles. The SMILES string of the molecule is COc1ccc(C(=O)NNC(=O)c2cccc(OC)c2)cc1. The number of benzene rings is 2. The van der Waals surface area contributed by atoms with Crippen LogP contribution in [-0.2, 0) is 0 Å². The lowest BCUT2D eigenvalue weighted by Gasteiger charge is -2.08. The zero-order valence-electron chi connectivity index (χ0n) is 12.3. The van der Waals surface area contributed by atoms with Crippen LogP contribution in [0.4, 0.5) is 0 Å². The van der Waals surface area contributed by atoms with Gasteiger partial charge in [0.15, 0.2) is 0 Å². The molecule has 0 radical (unpaired) electrons. The van der Waals surface area contributed by atoms with Gasteiger partial charge in [0.25, 0.3) is 11.8 Å². The van der Waals surface area contributed by atoms with Crippen LogP contribution in [0.25, 0.3) is 0 Å². The normalized spacial score (nSPS) is 9.73. The van der Waals surface area contributed by atoms with Gasteiger partial charge in [0.1, 0.15) is 11.5 Å². The highest BCUT2D eigenvalue weighted by Gasteiger charge is 2.09. The second kappa shape index (κ2) is 7.12. The number of hydrogen-bond acceptors (Lipinski definition) is 4. The van der Waals surface area contributed by atoms with E-state index in [1.165, 1.54) is 7.11 Å². The Balaban J connectivity index is 1.96. The minimum Gasteiger partial charge on any atom is -0.497 e. The molecule has 2 aromatic rings. The topological polar surface area (TPSA) is 76.7 Å². The van der Waals surface area contributed by atoms with Crippen LogP contribution in [0.15, 0.2) is 48.5 Å². The number of amides is 2. The van der Waals surface area contributed by atoms with E-state index < -0.39 is 11.8 Å². The Morgan fingerprint density at radius 3 is 1.95 bits per heavy atom. The maximum atomic E-state index is 11.9. The van der Waals surface area contributed by atoms with Gasteiger partial charge in [-0.1, -0.05) is 6.07 Å². The van der Waals surface area contributed by atoms with Crippen LogP contribution in [0.1, 0.15) is 20.7 Å². The summed E-state index contributed by atoms with van der Waals surface area (Å²) in [6.45, 7) is 0. The molecule has 0 heterocycles. The molecule has 0 aliphatic carbocycles. The standard InChI is InChI=1S/C16H16N2O4/c1-21-13-8-6-11(7-9-13)15(19)17-18-16(20)12-4-3-5-14(10-12)22-2/h3-10H,1-2H3,(H,17,19)(H,18,20). The number of carbonyl (C=O) groups excluding carboxylic acids is 2. The first-order chi connectivity index (χ1) is 10.6. The molecule has 114 valence electrons. The van der Waals surface area contributed by atoms with Crippen LogP contribution in [-0.4, -0.2) is 26.0 Å². The Morgan fingerprint density at radius 1 is 0.773 bits per heavy atom. The highest BCUT2D eigenvalue weighted by atomic mass is 16.5. The average Bonchev–Trinajstić information content (AvgIpc) is 2.59. The summed E-state index contributed by atoms with van der Waals surface area (Å²) in [5.74, 6) is 0.366. The van der Waals surface area contributed by atoms with Gasteiger partial charge in [0.2, 0.25) is 0 Å². The van der Waals surface area contributed by atoms with Crippen molar-refractivity contribution in [1.82, 2.24) is 10.9 Å². The molecule has 2 amide bonds. The summed E-state index contributed by atoms with van der Waals surface area (Å²) in [6.07, 6.45) is 0. The highest BCUT2D eigenvalue weighted by molar-refractivity contribution is 5.99. The Morgan fingerprint density at radius 2 is 1.36 bits per heavy atom. The second-order valence-electron chi connectivity index (χ2n) is 4.37. The Labute approximate surface area is 128 Å². The minimum atomic E-state index is -0.430. The van der Waals surface area contributed by atoms with E-state index in [0.29, 0.717) is 22.6 Å². The fraction of sp³-hybridized carbons (Fsp3) is 0.125. The van der Waals surface area contributed by atoms with Crippen LogP contribution >= 0.6 is 0 Å². The first kappa shape index (κ1) is 15.4. The Kier molecular flexibility index (Phi) is 4.98. The number of ether oxygens (including phenoxy) is 2. The number of hydrazine groups is 1. The van der Waals surface area contributed by atoms with Crippen molar-refractivity contribution in [3.8, 4) is 11.5 Å². The van der Waals surface area contributed by atoms with Gasteiger partial charge in [-0.25, -0.2) is 0 Å².